The highest BCUT2D eigenvalue weighted by Crippen LogP contribution is 2.19. The molecule has 0 saturated heterocycles. The van der Waals surface area contributed by atoms with Crippen LogP contribution in [0, 0.1) is 0 Å². The van der Waals surface area contributed by atoms with Crippen LogP contribution in [0.25, 0.3) is 0 Å². The van der Waals surface area contributed by atoms with Crippen molar-refractivity contribution < 1.29 is 4.79 Å². The standard InChI is InChI=1S/C11H15NO.ClH/c1-4-11(13)9-7-5-6-8-10(9)12(2)3;/h5-8H,4H2,1-3H3;1H. The van der Waals surface area contributed by atoms with Gasteiger partial charge in [0.15, 0.2) is 5.78 Å². The molecule has 0 aliphatic rings. The molecule has 1 aromatic carbocycles. The van der Waals surface area contributed by atoms with E-state index in [2.05, 4.69) is 0 Å². The number of Topliss-reactive ketones (excluding diaryl/α,β-unsaturated/α-hetero) is 1. The quantitative estimate of drug-likeness (QED) is 0.720. The summed E-state index contributed by atoms with van der Waals surface area (Å²) in [6.07, 6.45) is 0.560. The first-order valence-electron chi connectivity index (χ1n) is 4.46. The van der Waals surface area contributed by atoms with Gasteiger partial charge in [-0.1, -0.05) is 19.1 Å². The summed E-state index contributed by atoms with van der Waals surface area (Å²) in [4.78, 5) is 13.5. The minimum absolute atomic E-state index is 0. The van der Waals surface area contributed by atoms with Gasteiger partial charge in [0.1, 0.15) is 0 Å². The highest BCUT2D eigenvalue weighted by molar-refractivity contribution is 6.01. The molecule has 1 rings (SSSR count). The fourth-order valence-corrected chi connectivity index (χ4v) is 1.29. The maximum atomic E-state index is 11.5. The second-order valence-electron chi connectivity index (χ2n) is 3.19. The molecule has 3 heteroatoms. The summed E-state index contributed by atoms with van der Waals surface area (Å²) in [5, 5.41) is 0. The van der Waals surface area contributed by atoms with Gasteiger partial charge in [0, 0.05) is 31.8 Å². The van der Waals surface area contributed by atoms with Gasteiger partial charge in [0.2, 0.25) is 0 Å². The Kier molecular flexibility index (Phi) is 5.24. The van der Waals surface area contributed by atoms with E-state index >= 15 is 0 Å². The lowest BCUT2D eigenvalue weighted by Gasteiger charge is -2.15. The number of rotatable bonds is 3. The van der Waals surface area contributed by atoms with Gasteiger partial charge in [-0.3, -0.25) is 4.79 Å². The normalized spacial score (nSPS) is 9.07. The number of carbonyl (C=O) groups is 1. The SMILES string of the molecule is CCC(=O)c1ccccc1N(C)C.Cl. The van der Waals surface area contributed by atoms with Gasteiger partial charge in [-0.25, -0.2) is 0 Å². The Balaban J connectivity index is 0.00000169. The van der Waals surface area contributed by atoms with E-state index in [1.165, 1.54) is 0 Å². The van der Waals surface area contributed by atoms with Gasteiger partial charge in [-0.15, -0.1) is 12.4 Å². The highest BCUT2D eigenvalue weighted by Gasteiger charge is 2.09. The summed E-state index contributed by atoms with van der Waals surface area (Å²) in [5.74, 6) is 0.198. The molecule has 0 spiro atoms. The van der Waals surface area contributed by atoms with Crippen LogP contribution in [0.3, 0.4) is 0 Å². The molecule has 0 amide bonds. The van der Waals surface area contributed by atoms with Gasteiger partial charge in [-0.05, 0) is 12.1 Å². The number of hydrogen-bond acceptors (Lipinski definition) is 2. The first kappa shape index (κ1) is 13.0. The van der Waals surface area contributed by atoms with Crippen LogP contribution in [0.4, 0.5) is 5.69 Å². The molecule has 0 saturated carbocycles. The molecular formula is C11H16ClNO. The van der Waals surface area contributed by atoms with E-state index < -0.39 is 0 Å². The van der Waals surface area contributed by atoms with E-state index in [0.717, 1.165) is 11.3 Å². The summed E-state index contributed by atoms with van der Waals surface area (Å²) in [5.41, 5.74) is 1.81. The Morgan fingerprint density at radius 3 is 2.36 bits per heavy atom. The summed E-state index contributed by atoms with van der Waals surface area (Å²) in [7, 11) is 3.89. The van der Waals surface area contributed by atoms with Crippen molar-refractivity contribution in [3.05, 3.63) is 29.8 Å². The third kappa shape index (κ3) is 2.74. The van der Waals surface area contributed by atoms with E-state index in [4.69, 9.17) is 0 Å². The lowest BCUT2D eigenvalue weighted by molar-refractivity contribution is 0.0988. The molecule has 0 atom stereocenters. The Hall–Kier alpha value is -1.02. The number of ketones is 1. The van der Waals surface area contributed by atoms with Crippen LogP contribution >= 0.6 is 12.4 Å². The average Bonchev–Trinajstić information content (AvgIpc) is 2.16. The summed E-state index contributed by atoms with van der Waals surface area (Å²) >= 11 is 0. The van der Waals surface area contributed by atoms with Crippen LogP contribution in [0.15, 0.2) is 24.3 Å². The molecule has 0 fully saturated rings. The van der Waals surface area contributed by atoms with Crippen LogP contribution in [-0.2, 0) is 0 Å². The first-order chi connectivity index (χ1) is 6.16. The van der Waals surface area contributed by atoms with E-state index in [1.54, 1.807) is 0 Å². The number of benzene rings is 1. The summed E-state index contributed by atoms with van der Waals surface area (Å²) < 4.78 is 0. The lowest BCUT2D eigenvalue weighted by atomic mass is 10.1. The van der Waals surface area contributed by atoms with Crippen molar-refractivity contribution in [2.24, 2.45) is 0 Å². The molecule has 2 nitrogen and oxygen atoms in total. The van der Waals surface area contributed by atoms with Crippen molar-refractivity contribution in [1.82, 2.24) is 0 Å². The average molecular weight is 214 g/mol. The van der Waals surface area contributed by atoms with Crippen LogP contribution in [0.2, 0.25) is 0 Å². The number of carbonyl (C=O) groups excluding carboxylic acids is 1. The number of anilines is 1. The van der Waals surface area contributed by atoms with E-state index in [9.17, 15) is 4.79 Å². The molecule has 0 aromatic heterocycles. The van der Waals surface area contributed by atoms with Gasteiger partial charge >= 0.3 is 0 Å². The molecule has 1 aromatic rings. The number of hydrogen-bond donors (Lipinski definition) is 0. The van der Waals surface area contributed by atoms with Crippen molar-refractivity contribution in [2.45, 2.75) is 13.3 Å². The zero-order valence-corrected chi connectivity index (χ0v) is 9.60. The number of para-hydroxylation sites is 1. The van der Waals surface area contributed by atoms with Gasteiger partial charge in [-0.2, -0.15) is 0 Å². The minimum atomic E-state index is 0. The lowest BCUT2D eigenvalue weighted by Crippen LogP contribution is -2.13. The zero-order valence-electron chi connectivity index (χ0n) is 8.78. The highest BCUT2D eigenvalue weighted by atomic mass is 35.5. The summed E-state index contributed by atoms with van der Waals surface area (Å²) in [6, 6.07) is 7.68. The topological polar surface area (TPSA) is 20.3 Å². The number of halogens is 1. The molecule has 0 aliphatic heterocycles. The maximum Gasteiger partial charge on any atom is 0.164 e. The Morgan fingerprint density at radius 1 is 1.29 bits per heavy atom. The third-order valence-corrected chi connectivity index (χ3v) is 2.01. The monoisotopic (exact) mass is 213 g/mol. The molecule has 0 N–H and O–H groups in total. The molecule has 0 heterocycles. The first-order valence-corrected chi connectivity index (χ1v) is 4.46. The Bertz CT molecular complexity index is 310. The molecule has 78 valence electrons. The molecular weight excluding hydrogens is 198 g/mol. The fraction of sp³-hybridized carbons (Fsp3) is 0.364. The number of nitrogens with zero attached hydrogens (tertiary/aromatic N) is 1. The van der Waals surface area contributed by atoms with Crippen LogP contribution < -0.4 is 4.90 Å². The van der Waals surface area contributed by atoms with Gasteiger partial charge in [0.25, 0.3) is 0 Å². The second-order valence-corrected chi connectivity index (χ2v) is 3.19. The Labute approximate surface area is 91.3 Å². The van der Waals surface area contributed by atoms with E-state index in [-0.39, 0.29) is 18.2 Å². The van der Waals surface area contributed by atoms with Crippen LogP contribution in [0.5, 0.6) is 0 Å². The van der Waals surface area contributed by atoms with Crippen molar-refractivity contribution in [1.29, 1.82) is 0 Å². The van der Waals surface area contributed by atoms with Gasteiger partial charge in [0.05, 0.1) is 0 Å². The predicted octanol–water partition coefficient (Wildman–Crippen LogP) is 2.77. The van der Waals surface area contributed by atoms with Gasteiger partial charge < -0.3 is 4.90 Å². The fourth-order valence-electron chi connectivity index (χ4n) is 1.29. The molecule has 0 unspecified atom stereocenters. The molecule has 0 aliphatic carbocycles. The van der Waals surface area contributed by atoms with Crippen LogP contribution in [-0.4, -0.2) is 19.9 Å². The largest absolute Gasteiger partial charge is 0.377 e. The second kappa shape index (κ2) is 5.66. The van der Waals surface area contributed by atoms with Crippen molar-refractivity contribution in [3.63, 3.8) is 0 Å². The van der Waals surface area contributed by atoms with Crippen molar-refractivity contribution >= 4 is 23.9 Å². The van der Waals surface area contributed by atoms with Crippen LogP contribution in [0.1, 0.15) is 23.7 Å². The Morgan fingerprint density at radius 2 is 1.86 bits per heavy atom. The molecule has 0 radical (unpaired) electrons. The predicted molar refractivity (Wildman–Crippen MR) is 62.6 cm³/mol. The van der Waals surface area contributed by atoms with E-state index in [1.807, 2.05) is 50.2 Å². The maximum absolute atomic E-state index is 11.5. The third-order valence-electron chi connectivity index (χ3n) is 2.01. The summed E-state index contributed by atoms with van der Waals surface area (Å²) in [6.45, 7) is 1.88. The smallest absolute Gasteiger partial charge is 0.164 e. The van der Waals surface area contributed by atoms with Crippen molar-refractivity contribution in [3.8, 4) is 0 Å². The minimum Gasteiger partial charge on any atom is -0.377 e. The van der Waals surface area contributed by atoms with Crippen molar-refractivity contribution in [2.75, 3.05) is 19.0 Å². The molecule has 0 bridgehead atoms. The molecule has 14 heavy (non-hydrogen) atoms. The zero-order chi connectivity index (χ0) is 9.84. The van der Waals surface area contributed by atoms with E-state index in [0.29, 0.717) is 6.42 Å².